The van der Waals surface area contributed by atoms with Crippen LogP contribution in [0.4, 0.5) is 18.9 Å². The fourth-order valence-corrected chi connectivity index (χ4v) is 1.23. The average molecular weight is 285 g/mol. The van der Waals surface area contributed by atoms with E-state index in [2.05, 4.69) is 20.9 Å². The van der Waals surface area contributed by atoms with E-state index in [-0.39, 0.29) is 5.33 Å². The molecule has 15 heavy (non-hydrogen) atoms. The van der Waals surface area contributed by atoms with E-state index in [1.165, 1.54) is 0 Å². The van der Waals surface area contributed by atoms with Gasteiger partial charge in [-0.3, -0.25) is 10.1 Å². The Hall–Kier alpha value is -1.18. The summed E-state index contributed by atoms with van der Waals surface area (Å²) < 4.78 is 36.8. The van der Waals surface area contributed by atoms with Crippen LogP contribution in [0.1, 0.15) is 11.3 Å². The summed E-state index contributed by atoms with van der Waals surface area (Å²) in [7, 11) is 0. The second kappa shape index (κ2) is 4.13. The van der Waals surface area contributed by atoms with Crippen LogP contribution in [-0.4, -0.2) is 9.91 Å². The molecular weight excluding hydrogens is 281 g/mol. The van der Waals surface area contributed by atoms with E-state index in [0.717, 1.165) is 12.3 Å². The lowest BCUT2D eigenvalue weighted by molar-refractivity contribution is -0.388. The monoisotopic (exact) mass is 284 g/mol. The molecule has 1 aromatic heterocycles. The zero-order valence-corrected chi connectivity index (χ0v) is 8.67. The number of nitrogens with zero attached hydrogens (tertiary/aromatic N) is 2. The third kappa shape index (κ3) is 2.65. The molecule has 1 aromatic rings. The summed E-state index contributed by atoms with van der Waals surface area (Å²) in [5.41, 5.74) is -2.19. The molecule has 0 amide bonds. The minimum atomic E-state index is -4.81. The first-order valence-electron chi connectivity index (χ1n) is 3.62. The van der Waals surface area contributed by atoms with E-state index in [9.17, 15) is 23.3 Å². The normalized spacial score (nSPS) is 11.5. The Morgan fingerprint density at radius 1 is 1.53 bits per heavy atom. The number of rotatable bonds is 2. The Morgan fingerprint density at radius 3 is 2.53 bits per heavy atom. The quantitative estimate of drug-likeness (QED) is 0.477. The van der Waals surface area contributed by atoms with Gasteiger partial charge in [-0.1, -0.05) is 15.9 Å². The lowest BCUT2D eigenvalue weighted by Gasteiger charge is -2.06. The molecule has 0 aliphatic rings. The van der Waals surface area contributed by atoms with Crippen LogP contribution < -0.4 is 0 Å². The van der Waals surface area contributed by atoms with Crippen molar-refractivity contribution in [2.75, 3.05) is 0 Å². The standard InChI is InChI=1S/C7H4BrF3N2O2/c8-2-4-1-5(13(14)15)6(12-3-4)7(9,10)11/h1,3H,2H2. The fourth-order valence-electron chi connectivity index (χ4n) is 0.925. The Kier molecular flexibility index (Phi) is 3.28. The molecule has 1 heterocycles. The van der Waals surface area contributed by atoms with Crippen molar-refractivity contribution in [2.45, 2.75) is 11.5 Å². The summed E-state index contributed by atoms with van der Waals surface area (Å²) in [6.07, 6.45) is -3.86. The van der Waals surface area contributed by atoms with E-state index in [1.807, 2.05) is 0 Å². The van der Waals surface area contributed by atoms with Crippen LogP contribution in [0.5, 0.6) is 0 Å². The summed E-state index contributed by atoms with van der Waals surface area (Å²) in [5.74, 6) is 0. The lowest BCUT2D eigenvalue weighted by atomic mass is 10.2. The van der Waals surface area contributed by atoms with Gasteiger partial charge < -0.3 is 0 Å². The van der Waals surface area contributed by atoms with Gasteiger partial charge >= 0.3 is 6.18 Å². The minimum absolute atomic E-state index is 0.207. The second-order valence-electron chi connectivity index (χ2n) is 2.60. The Morgan fingerprint density at radius 2 is 2.13 bits per heavy atom. The van der Waals surface area contributed by atoms with Gasteiger partial charge in [0, 0.05) is 17.6 Å². The number of hydrogen-bond donors (Lipinski definition) is 0. The predicted molar refractivity (Wildman–Crippen MR) is 48.5 cm³/mol. The van der Waals surface area contributed by atoms with Gasteiger partial charge in [0.15, 0.2) is 0 Å². The molecule has 0 spiro atoms. The largest absolute Gasteiger partial charge is 0.440 e. The first-order valence-corrected chi connectivity index (χ1v) is 4.75. The van der Waals surface area contributed by atoms with E-state index >= 15 is 0 Å². The summed E-state index contributed by atoms with van der Waals surface area (Å²) in [4.78, 5) is 12.3. The van der Waals surface area contributed by atoms with Crippen LogP contribution in [0.25, 0.3) is 0 Å². The number of nitro groups is 1. The first kappa shape index (κ1) is 11.9. The van der Waals surface area contributed by atoms with Crippen molar-refractivity contribution in [3.63, 3.8) is 0 Å². The SMILES string of the molecule is O=[N+]([O-])c1cc(CBr)cnc1C(F)(F)F. The predicted octanol–water partition coefficient (Wildman–Crippen LogP) is 2.90. The third-order valence-corrected chi connectivity index (χ3v) is 2.19. The maximum Gasteiger partial charge on any atom is 0.440 e. The van der Waals surface area contributed by atoms with Crippen LogP contribution in [0, 0.1) is 10.1 Å². The summed E-state index contributed by atoms with van der Waals surface area (Å²) in [5, 5.41) is 10.6. The molecule has 0 aliphatic heterocycles. The molecule has 0 fully saturated rings. The van der Waals surface area contributed by atoms with Crippen LogP contribution in [0.2, 0.25) is 0 Å². The molecule has 8 heteroatoms. The fraction of sp³-hybridized carbons (Fsp3) is 0.286. The smallest absolute Gasteiger partial charge is 0.258 e. The molecule has 4 nitrogen and oxygen atoms in total. The highest BCUT2D eigenvalue weighted by Gasteiger charge is 2.40. The first-order chi connectivity index (χ1) is 6.86. The highest BCUT2D eigenvalue weighted by Crippen LogP contribution is 2.34. The zero-order chi connectivity index (χ0) is 11.6. The molecule has 0 aliphatic carbocycles. The van der Waals surface area contributed by atoms with Gasteiger partial charge in [-0.25, -0.2) is 4.98 Å². The van der Waals surface area contributed by atoms with Crippen LogP contribution in [0.3, 0.4) is 0 Å². The number of halogens is 4. The van der Waals surface area contributed by atoms with Gasteiger partial charge in [0.25, 0.3) is 5.69 Å². The zero-order valence-electron chi connectivity index (χ0n) is 7.08. The van der Waals surface area contributed by atoms with Gasteiger partial charge in [-0.2, -0.15) is 13.2 Å². The van der Waals surface area contributed by atoms with Gasteiger partial charge in [0.2, 0.25) is 5.69 Å². The van der Waals surface area contributed by atoms with Gasteiger partial charge in [0.05, 0.1) is 4.92 Å². The minimum Gasteiger partial charge on any atom is -0.258 e. The maximum absolute atomic E-state index is 12.3. The number of pyridine rings is 1. The molecule has 0 aromatic carbocycles. The van der Waals surface area contributed by atoms with Gasteiger partial charge in [-0.05, 0) is 5.56 Å². The Labute approximate surface area is 90.4 Å². The van der Waals surface area contributed by atoms with E-state index in [4.69, 9.17) is 0 Å². The van der Waals surface area contributed by atoms with Crippen LogP contribution >= 0.6 is 15.9 Å². The molecule has 0 atom stereocenters. The molecule has 0 radical (unpaired) electrons. The Balaban J connectivity index is 3.34. The highest BCUT2D eigenvalue weighted by molar-refractivity contribution is 9.08. The van der Waals surface area contributed by atoms with Crippen molar-refractivity contribution in [1.29, 1.82) is 0 Å². The van der Waals surface area contributed by atoms with Crippen LogP contribution in [-0.2, 0) is 11.5 Å². The molecule has 0 N–H and O–H groups in total. The summed E-state index contributed by atoms with van der Waals surface area (Å²) in [6, 6.07) is 0.852. The van der Waals surface area contributed by atoms with Gasteiger partial charge in [-0.15, -0.1) is 0 Å². The topological polar surface area (TPSA) is 56.0 Å². The second-order valence-corrected chi connectivity index (χ2v) is 3.16. The van der Waals surface area contributed by atoms with E-state index in [1.54, 1.807) is 0 Å². The molecule has 82 valence electrons. The van der Waals surface area contributed by atoms with Gasteiger partial charge in [0.1, 0.15) is 0 Å². The average Bonchev–Trinajstić information content (AvgIpc) is 2.15. The van der Waals surface area contributed by atoms with E-state index < -0.39 is 22.5 Å². The summed E-state index contributed by atoms with van der Waals surface area (Å²) in [6.45, 7) is 0. The molecular formula is C7H4BrF3N2O2. The van der Waals surface area contributed by atoms with Crippen molar-refractivity contribution in [3.8, 4) is 0 Å². The Bertz CT molecular complexity index is 394. The molecule has 0 saturated heterocycles. The van der Waals surface area contributed by atoms with Crippen LogP contribution in [0.15, 0.2) is 12.3 Å². The molecule has 0 unspecified atom stereocenters. The lowest BCUT2D eigenvalue weighted by Crippen LogP contribution is -2.11. The third-order valence-electron chi connectivity index (χ3n) is 1.54. The maximum atomic E-state index is 12.3. The number of hydrogen-bond acceptors (Lipinski definition) is 3. The highest BCUT2D eigenvalue weighted by atomic mass is 79.9. The van der Waals surface area contributed by atoms with Crippen molar-refractivity contribution >= 4 is 21.6 Å². The number of aromatic nitrogens is 1. The molecule has 1 rings (SSSR count). The van der Waals surface area contributed by atoms with Crippen molar-refractivity contribution in [3.05, 3.63) is 33.6 Å². The molecule has 0 saturated carbocycles. The summed E-state index contributed by atoms with van der Waals surface area (Å²) >= 11 is 2.97. The van der Waals surface area contributed by atoms with Crippen molar-refractivity contribution < 1.29 is 18.1 Å². The van der Waals surface area contributed by atoms with E-state index in [0.29, 0.717) is 5.56 Å². The molecule has 0 bridgehead atoms. The number of alkyl halides is 4. The van der Waals surface area contributed by atoms with Crippen molar-refractivity contribution in [2.24, 2.45) is 0 Å². The van der Waals surface area contributed by atoms with Crippen molar-refractivity contribution in [1.82, 2.24) is 4.98 Å².